The number of nitrogens with one attached hydrogen (secondary N) is 1. The molecule has 0 saturated carbocycles. The Morgan fingerprint density at radius 1 is 1.06 bits per heavy atom. The Bertz CT molecular complexity index is 357. The maximum Gasteiger partial charge on any atom is 0.119 e. The zero-order valence-corrected chi connectivity index (χ0v) is 10.9. The van der Waals surface area contributed by atoms with E-state index in [4.69, 9.17) is 0 Å². The van der Waals surface area contributed by atoms with Crippen molar-refractivity contribution in [3.8, 4) is 5.75 Å². The van der Waals surface area contributed by atoms with Crippen molar-refractivity contribution in [3.05, 3.63) is 29.8 Å². The number of hydrogen-bond donors (Lipinski definition) is 2. The van der Waals surface area contributed by atoms with Gasteiger partial charge in [0.15, 0.2) is 0 Å². The number of para-hydroxylation sites is 1. The predicted octanol–water partition coefficient (Wildman–Crippen LogP) is 2.97. The molecule has 16 heavy (non-hydrogen) atoms. The quantitative estimate of drug-likeness (QED) is 0.831. The van der Waals surface area contributed by atoms with E-state index in [1.54, 1.807) is 6.07 Å². The maximum absolute atomic E-state index is 9.84. The topological polar surface area (TPSA) is 32.3 Å². The van der Waals surface area contributed by atoms with E-state index in [-0.39, 0.29) is 17.0 Å². The zero-order valence-electron chi connectivity index (χ0n) is 9.23. The lowest BCUT2D eigenvalue weighted by Crippen LogP contribution is -2.37. The fourth-order valence-electron chi connectivity index (χ4n) is 3.14. The Hall–Kier alpha value is -0.540. The number of fused-ring (bicyclic) bond motifs is 2. The van der Waals surface area contributed by atoms with Gasteiger partial charge in [0.05, 0.1) is 0 Å². The normalized spacial score (nSPS) is 32.1. The van der Waals surface area contributed by atoms with Gasteiger partial charge in [-0.15, -0.1) is 17.0 Å². The highest BCUT2D eigenvalue weighted by Gasteiger charge is 2.34. The number of rotatable bonds is 1. The van der Waals surface area contributed by atoms with E-state index in [1.165, 1.54) is 25.7 Å². The fraction of sp³-hybridized carbons (Fsp3) is 0.538. The lowest BCUT2D eigenvalue weighted by Gasteiger charge is -2.29. The largest absolute Gasteiger partial charge is 0.508 e. The van der Waals surface area contributed by atoms with Crippen LogP contribution in [0.15, 0.2) is 24.3 Å². The van der Waals surface area contributed by atoms with Crippen LogP contribution in [0.4, 0.5) is 0 Å². The molecule has 2 saturated heterocycles. The van der Waals surface area contributed by atoms with Gasteiger partial charge in [0.1, 0.15) is 5.75 Å². The molecule has 2 aliphatic heterocycles. The van der Waals surface area contributed by atoms with Gasteiger partial charge in [-0.05, 0) is 43.2 Å². The minimum Gasteiger partial charge on any atom is -0.508 e. The third kappa shape index (κ3) is 2.11. The fourth-order valence-corrected chi connectivity index (χ4v) is 3.14. The Labute approximate surface area is 107 Å². The molecule has 0 spiro atoms. The first-order chi connectivity index (χ1) is 7.33. The van der Waals surface area contributed by atoms with Gasteiger partial charge in [0.25, 0.3) is 0 Å². The summed E-state index contributed by atoms with van der Waals surface area (Å²) in [5, 5.41) is 13.5. The van der Waals surface area contributed by atoms with E-state index in [0.717, 1.165) is 5.56 Å². The average Bonchev–Trinajstić information content (AvgIpc) is 2.58. The van der Waals surface area contributed by atoms with Gasteiger partial charge in [0, 0.05) is 12.1 Å². The summed E-state index contributed by atoms with van der Waals surface area (Å²) < 4.78 is 0. The Kier molecular flexibility index (Phi) is 3.55. The second-order valence-electron chi connectivity index (χ2n) is 4.87. The first-order valence-electron chi connectivity index (χ1n) is 5.87. The molecule has 0 aliphatic carbocycles. The zero-order chi connectivity index (χ0) is 10.3. The molecule has 2 N–H and O–H groups in total. The molecule has 2 fully saturated rings. The lowest BCUT2D eigenvalue weighted by molar-refractivity contribution is 0.354. The molecule has 0 radical (unpaired) electrons. The smallest absolute Gasteiger partial charge is 0.119 e. The third-order valence-electron chi connectivity index (χ3n) is 3.85. The van der Waals surface area contributed by atoms with Gasteiger partial charge in [0.2, 0.25) is 0 Å². The van der Waals surface area contributed by atoms with Crippen LogP contribution in [-0.4, -0.2) is 17.2 Å². The molecule has 2 nitrogen and oxygen atoms in total. The molecule has 3 rings (SSSR count). The second kappa shape index (κ2) is 4.76. The Balaban J connectivity index is 0.000000963. The standard InChI is InChI=1S/C13H17NO.BrH/c15-13-4-2-1-3-12(13)9-7-10-5-6-11(8-9)14-10;/h1-4,9-11,14-15H,5-8H2;1H. The van der Waals surface area contributed by atoms with Crippen LogP contribution in [0.3, 0.4) is 0 Å². The van der Waals surface area contributed by atoms with E-state index < -0.39 is 0 Å². The van der Waals surface area contributed by atoms with Crippen LogP contribution in [-0.2, 0) is 0 Å². The summed E-state index contributed by atoms with van der Waals surface area (Å²) in [6.07, 6.45) is 5.01. The number of halogens is 1. The monoisotopic (exact) mass is 283 g/mol. The maximum atomic E-state index is 9.84. The molecule has 0 amide bonds. The number of aromatic hydroxyl groups is 1. The van der Waals surface area contributed by atoms with E-state index in [0.29, 0.717) is 23.8 Å². The molecule has 0 aromatic heterocycles. The SMILES string of the molecule is Br.Oc1ccccc1C1CC2CCC(C1)N2. The summed E-state index contributed by atoms with van der Waals surface area (Å²) in [4.78, 5) is 0. The number of piperidine rings is 1. The molecule has 2 bridgehead atoms. The van der Waals surface area contributed by atoms with E-state index in [2.05, 4.69) is 11.4 Å². The molecule has 2 aliphatic rings. The van der Waals surface area contributed by atoms with Crippen LogP contribution < -0.4 is 5.32 Å². The van der Waals surface area contributed by atoms with Gasteiger partial charge in [-0.2, -0.15) is 0 Å². The molecule has 1 aromatic rings. The summed E-state index contributed by atoms with van der Waals surface area (Å²) >= 11 is 0. The second-order valence-corrected chi connectivity index (χ2v) is 4.87. The number of phenols is 1. The van der Waals surface area contributed by atoms with E-state index >= 15 is 0 Å². The Morgan fingerprint density at radius 3 is 2.31 bits per heavy atom. The van der Waals surface area contributed by atoms with Crippen molar-refractivity contribution in [1.29, 1.82) is 0 Å². The van der Waals surface area contributed by atoms with Gasteiger partial charge >= 0.3 is 0 Å². The molecule has 2 heterocycles. The molecule has 3 heteroatoms. The summed E-state index contributed by atoms with van der Waals surface area (Å²) in [5.41, 5.74) is 1.15. The van der Waals surface area contributed by atoms with E-state index in [9.17, 15) is 5.11 Å². The Morgan fingerprint density at radius 2 is 1.69 bits per heavy atom. The minimum atomic E-state index is 0. The van der Waals surface area contributed by atoms with Crippen LogP contribution in [0.2, 0.25) is 0 Å². The molecular formula is C13H18BrNO. The minimum absolute atomic E-state index is 0. The highest BCUT2D eigenvalue weighted by Crippen LogP contribution is 2.39. The number of hydrogen-bond acceptors (Lipinski definition) is 2. The summed E-state index contributed by atoms with van der Waals surface area (Å²) in [6, 6.07) is 9.18. The van der Waals surface area contributed by atoms with Crippen molar-refractivity contribution >= 4 is 17.0 Å². The molecule has 2 atom stereocenters. The summed E-state index contributed by atoms with van der Waals surface area (Å²) in [5.74, 6) is 1.04. The molecular weight excluding hydrogens is 266 g/mol. The summed E-state index contributed by atoms with van der Waals surface area (Å²) in [7, 11) is 0. The predicted molar refractivity (Wildman–Crippen MR) is 70.3 cm³/mol. The van der Waals surface area contributed by atoms with Crippen molar-refractivity contribution in [1.82, 2.24) is 5.32 Å². The number of phenolic OH excluding ortho intramolecular Hbond substituents is 1. The molecule has 1 aromatic carbocycles. The van der Waals surface area contributed by atoms with Crippen molar-refractivity contribution in [2.24, 2.45) is 0 Å². The highest BCUT2D eigenvalue weighted by atomic mass is 79.9. The van der Waals surface area contributed by atoms with Crippen molar-refractivity contribution in [3.63, 3.8) is 0 Å². The van der Waals surface area contributed by atoms with Gasteiger partial charge in [-0.1, -0.05) is 18.2 Å². The molecule has 88 valence electrons. The molecule has 2 unspecified atom stereocenters. The van der Waals surface area contributed by atoms with Crippen LogP contribution in [0.25, 0.3) is 0 Å². The van der Waals surface area contributed by atoms with Crippen LogP contribution >= 0.6 is 17.0 Å². The third-order valence-corrected chi connectivity index (χ3v) is 3.85. The van der Waals surface area contributed by atoms with Crippen molar-refractivity contribution in [2.45, 2.75) is 43.7 Å². The van der Waals surface area contributed by atoms with Gasteiger partial charge in [-0.25, -0.2) is 0 Å². The lowest BCUT2D eigenvalue weighted by atomic mass is 9.86. The highest BCUT2D eigenvalue weighted by molar-refractivity contribution is 8.93. The van der Waals surface area contributed by atoms with E-state index in [1.807, 2.05) is 12.1 Å². The first kappa shape index (κ1) is 11.9. The average molecular weight is 284 g/mol. The number of benzene rings is 1. The van der Waals surface area contributed by atoms with Crippen LogP contribution in [0.5, 0.6) is 5.75 Å². The van der Waals surface area contributed by atoms with Crippen LogP contribution in [0.1, 0.15) is 37.2 Å². The van der Waals surface area contributed by atoms with Crippen molar-refractivity contribution in [2.75, 3.05) is 0 Å². The van der Waals surface area contributed by atoms with Gasteiger partial charge in [-0.3, -0.25) is 0 Å². The van der Waals surface area contributed by atoms with Crippen molar-refractivity contribution < 1.29 is 5.11 Å². The summed E-state index contributed by atoms with van der Waals surface area (Å²) in [6.45, 7) is 0. The first-order valence-corrected chi connectivity index (χ1v) is 5.87. The van der Waals surface area contributed by atoms with Gasteiger partial charge < -0.3 is 10.4 Å². The van der Waals surface area contributed by atoms with Crippen LogP contribution in [0, 0.1) is 0 Å².